The molecule has 0 fully saturated rings. The van der Waals surface area contributed by atoms with E-state index >= 15 is 0 Å². The molecule has 1 nitrogen and oxygen atoms in total. The maximum Gasteiger partial charge on any atom is 0.123 e. The van der Waals surface area contributed by atoms with E-state index in [0.29, 0.717) is 0 Å². The van der Waals surface area contributed by atoms with Crippen molar-refractivity contribution in [3.8, 4) is 0 Å². The zero-order valence-electron chi connectivity index (χ0n) is 12.5. The van der Waals surface area contributed by atoms with E-state index < -0.39 is 0 Å². The number of hydrogen-bond acceptors (Lipinski definition) is 2. The number of hydrogen-bond donors (Lipinski definition) is 1. The third kappa shape index (κ3) is 3.90. The predicted molar refractivity (Wildman–Crippen MR) is 84.7 cm³/mol. The van der Waals surface area contributed by atoms with Gasteiger partial charge in [-0.2, -0.15) is 0 Å². The minimum absolute atomic E-state index is 0.144. The van der Waals surface area contributed by atoms with Gasteiger partial charge in [-0.1, -0.05) is 32.9 Å². The van der Waals surface area contributed by atoms with Gasteiger partial charge in [0.25, 0.3) is 0 Å². The van der Waals surface area contributed by atoms with Crippen LogP contribution in [-0.2, 0) is 12.0 Å². The summed E-state index contributed by atoms with van der Waals surface area (Å²) in [6.07, 6.45) is 0. The molecule has 1 N–H and O–H groups in total. The quantitative estimate of drug-likeness (QED) is 0.832. The second kappa shape index (κ2) is 6.06. The molecule has 2 aromatic rings. The molecule has 0 amide bonds. The summed E-state index contributed by atoms with van der Waals surface area (Å²) in [5.74, 6) is -0.178. The first-order valence-electron chi connectivity index (χ1n) is 6.94. The summed E-state index contributed by atoms with van der Waals surface area (Å²) < 4.78 is 13.2. The Labute approximate surface area is 124 Å². The van der Waals surface area contributed by atoms with Gasteiger partial charge in [0.2, 0.25) is 0 Å². The highest BCUT2D eigenvalue weighted by molar-refractivity contribution is 7.12. The third-order valence-electron chi connectivity index (χ3n) is 3.33. The van der Waals surface area contributed by atoms with Crippen LogP contribution >= 0.6 is 11.3 Å². The molecule has 0 aliphatic rings. The number of rotatable bonds is 4. The molecule has 1 aromatic carbocycles. The van der Waals surface area contributed by atoms with E-state index in [1.807, 2.05) is 17.4 Å². The second-order valence-corrected chi connectivity index (χ2v) is 7.34. The molecule has 0 bridgehead atoms. The highest BCUT2D eigenvalue weighted by Gasteiger charge is 2.16. The molecule has 1 aromatic heterocycles. The second-order valence-electron chi connectivity index (χ2n) is 6.17. The minimum Gasteiger partial charge on any atom is -0.305 e. The normalized spacial score (nSPS) is 13.4. The highest BCUT2D eigenvalue weighted by atomic mass is 32.1. The molecular formula is C17H22FNS. The molecule has 0 unspecified atom stereocenters. The van der Waals surface area contributed by atoms with Gasteiger partial charge in [0.05, 0.1) is 0 Å². The van der Waals surface area contributed by atoms with Crippen LogP contribution in [-0.4, -0.2) is 0 Å². The molecule has 0 radical (unpaired) electrons. The predicted octanol–water partition coefficient (Wildman–Crippen LogP) is 5.04. The van der Waals surface area contributed by atoms with Crippen LogP contribution in [0.4, 0.5) is 4.39 Å². The van der Waals surface area contributed by atoms with Crippen molar-refractivity contribution >= 4 is 11.3 Å². The zero-order chi connectivity index (χ0) is 14.8. The Morgan fingerprint density at radius 3 is 2.55 bits per heavy atom. The van der Waals surface area contributed by atoms with E-state index in [9.17, 15) is 4.39 Å². The van der Waals surface area contributed by atoms with E-state index in [1.165, 1.54) is 15.8 Å². The largest absolute Gasteiger partial charge is 0.305 e. The van der Waals surface area contributed by atoms with Gasteiger partial charge in [-0.25, -0.2) is 4.39 Å². The van der Waals surface area contributed by atoms with Crippen LogP contribution in [0.25, 0.3) is 0 Å². The first-order valence-corrected chi connectivity index (χ1v) is 7.76. The molecule has 0 aliphatic heterocycles. The standard InChI is InChI=1S/C17H22FNS/c1-12(13-6-5-7-14(18)10-13)19-11-15-8-9-16(20-15)17(2,3)4/h5-10,12,19H,11H2,1-4H3/t12-/m1/s1. The van der Waals surface area contributed by atoms with Gasteiger partial charge in [-0.05, 0) is 42.2 Å². The van der Waals surface area contributed by atoms with Gasteiger partial charge in [0.1, 0.15) is 5.82 Å². The molecular weight excluding hydrogens is 269 g/mol. The maximum absolute atomic E-state index is 13.2. The van der Waals surface area contributed by atoms with Crippen molar-refractivity contribution in [3.05, 3.63) is 57.5 Å². The van der Waals surface area contributed by atoms with Crippen molar-refractivity contribution in [3.63, 3.8) is 0 Å². The lowest BCUT2D eigenvalue weighted by Crippen LogP contribution is -2.17. The summed E-state index contributed by atoms with van der Waals surface area (Å²) >= 11 is 1.84. The topological polar surface area (TPSA) is 12.0 Å². The molecule has 0 aliphatic carbocycles. The zero-order valence-corrected chi connectivity index (χ0v) is 13.4. The molecule has 108 valence electrons. The Kier molecular flexibility index (Phi) is 4.61. The van der Waals surface area contributed by atoms with Crippen LogP contribution in [0.15, 0.2) is 36.4 Å². The Balaban J connectivity index is 1.97. The summed E-state index contributed by atoms with van der Waals surface area (Å²) in [5.41, 5.74) is 1.19. The first-order chi connectivity index (χ1) is 9.36. The van der Waals surface area contributed by atoms with E-state index in [-0.39, 0.29) is 17.3 Å². The molecule has 0 spiro atoms. The summed E-state index contributed by atoms with van der Waals surface area (Å²) in [6.45, 7) is 9.56. The average molecular weight is 291 g/mol. The summed E-state index contributed by atoms with van der Waals surface area (Å²) in [7, 11) is 0. The highest BCUT2D eigenvalue weighted by Crippen LogP contribution is 2.29. The third-order valence-corrected chi connectivity index (χ3v) is 4.84. The van der Waals surface area contributed by atoms with Crippen LogP contribution in [0.1, 0.15) is 49.1 Å². The fourth-order valence-electron chi connectivity index (χ4n) is 2.02. The Bertz CT molecular complexity index is 568. The lowest BCUT2D eigenvalue weighted by molar-refractivity contribution is 0.568. The van der Waals surface area contributed by atoms with Crippen molar-refractivity contribution < 1.29 is 4.39 Å². The summed E-state index contributed by atoms with van der Waals surface area (Å²) in [5, 5.41) is 3.45. The average Bonchev–Trinajstić information content (AvgIpc) is 2.84. The van der Waals surface area contributed by atoms with Crippen molar-refractivity contribution in [2.45, 2.75) is 45.7 Å². The lowest BCUT2D eigenvalue weighted by atomic mass is 9.95. The molecule has 3 heteroatoms. The van der Waals surface area contributed by atoms with Crippen molar-refractivity contribution in [2.75, 3.05) is 0 Å². The smallest absolute Gasteiger partial charge is 0.123 e. The molecule has 1 heterocycles. The number of benzene rings is 1. The number of nitrogens with one attached hydrogen (secondary N) is 1. The molecule has 0 saturated heterocycles. The van der Waals surface area contributed by atoms with E-state index in [2.05, 4.69) is 45.1 Å². The fourth-order valence-corrected chi connectivity index (χ4v) is 3.04. The Morgan fingerprint density at radius 1 is 1.20 bits per heavy atom. The van der Waals surface area contributed by atoms with Crippen LogP contribution < -0.4 is 5.32 Å². The first kappa shape index (κ1) is 15.2. The lowest BCUT2D eigenvalue weighted by Gasteiger charge is -2.16. The van der Waals surface area contributed by atoms with Crippen molar-refractivity contribution in [2.24, 2.45) is 0 Å². The monoisotopic (exact) mass is 291 g/mol. The van der Waals surface area contributed by atoms with E-state index in [1.54, 1.807) is 12.1 Å². The van der Waals surface area contributed by atoms with Gasteiger partial charge in [-0.15, -0.1) is 11.3 Å². The van der Waals surface area contributed by atoms with E-state index in [0.717, 1.165) is 12.1 Å². The van der Waals surface area contributed by atoms with Gasteiger partial charge < -0.3 is 5.32 Å². The minimum atomic E-state index is -0.178. The fraction of sp³-hybridized carbons (Fsp3) is 0.412. The molecule has 20 heavy (non-hydrogen) atoms. The van der Waals surface area contributed by atoms with Gasteiger partial charge in [0, 0.05) is 22.3 Å². The SMILES string of the molecule is C[C@@H](NCc1ccc(C(C)(C)C)s1)c1cccc(F)c1. The van der Waals surface area contributed by atoms with Gasteiger partial charge in [0.15, 0.2) is 0 Å². The summed E-state index contributed by atoms with van der Waals surface area (Å²) in [6, 6.07) is 11.3. The van der Waals surface area contributed by atoms with Crippen LogP contribution in [0.2, 0.25) is 0 Å². The van der Waals surface area contributed by atoms with Crippen LogP contribution in [0.3, 0.4) is 0 Å². The van der Waals surface area contributed by atoms with Gasteiger partial charge in [-0.3, -0.25) is 0 Å². The summed E-state index contributed by atoms with van der Waals surface area (Å²) in [4.78, 5) is 2.71. The Morgan fingerprint density at radius 2 is 1.95 bits per heavy atom. The number of thiophene rings is 1. The molecule has 1 atom stereocenters. The van der Waals surface area contributed by atoms with Crippen LogP contribution in [0.5, 0.6) is 0 Å². The molecule has 2 rings (SSSR count). The van der Waals surface area contributed by atoms with Crippen molar-refractivity contribution in [1.29, 1.82) is 0 Å². The van der Waals surface area contributed by atoms with E-state index in [4.69, 9.17) is 0 Å². The Hall–Kier alpha value is -1.19. The molecule has 0 saturated carbocycles. The number of halogens is 1. The maximum atomic E-state index is 13.2. The van der Waals surface area contributed by atoms with Crippen molar-refractivity contribution in [1.82, 2.24) is 5.32 Å². The van der Waals surface area contributed by atoms with Crippen LogP contribution in [0, 0.1) is 5.82 Å². The van der Waals surface area contributed by atoms with Gasteiger partial charge >= 0.3 is 0 Å².